The van der Waals surface area contributed by atoms with Crippen LogP contribution in [0.3, 0.4) is 0 Å². The molecular formula is C17H29NO3. The van der Waals surface area contributed by atoms with Crippen molar-refractivity contribution in [2.24, 2.45) is 17.8 Å². The Labute approximate surface area is 127 Å². The van der Waals surface area contributed by atoms with Gasteiger partial charge in [-0.2, -0.15) is 0 Å². The summed E-state index contributed by atoms with van der Waals surface area (Å²) in [6.45, 7) is 5.54. The molecule has 2 rings (SSSR count). The van der Waals surface area contributed by atoms with Crippen LogP contribution in [0.5, 0.6) is 0 Å². The molecular weight excluding hydrogens is 266 g/mol. The fraction of sp³-hybridized carbons (Fsp3) is 0.824. The molecule has 1 aliphatic heterocycles. The van der Waals surface area contributed by atoms with Crippen molar-refractivity contribution in [2.45, 2.75) is 64.0 Å². The van der Waals surface area contributed by atoms with E-state index in [1.807, 2.05) is 13.8 Å². The average Bonchev–Trinajstić information content (AvgIpc) is 2.68. The number of allylic oxidation sites excluding steroid dienone is 2. The van der Waals surface area contributed by atoms with E-state index in [1.165, 1.54) is 0 Å². The number of amides is 1. The SMILES string of the molecule is CCC[C@H]1C(=O)N[C@](CO)([C@H](C)[C@@H]2C=CCCC2)[C@@]1(C)O. The highest BCUT2D eigenvalue weighted by Crippen LogP contribution is 2.46. The van der Waals surface area contributed by atoms with E-state index in [2.05, 4.69) is 17.5 Å². The van der Waals surface area contributed by atoms with Crippen molar-refractivity contribution in [1.29, 1.82) is 0 Å². The summed E-state index contributed by atoms with van der Waals surface area (Å²) in [5.74, 6) is -0.273. The first kappa shape index (κ1) is 16.5. The summed E-state index contributed by atoms with van der Waals surface area (Å²) in [7, 11) is 0. The first-order valence-corrected chi connectivity index (χ1v) is 8.22. The van der Waals surface area contributed by atoms with Crippen LogP contribution in [0.4, 0.5) is 0 Å². The second kappa shape index (κ2) is 6.09. The van der Waals surface area contributed by atoms with Crippen molar-refractivity contribution in [3.8, 4) is 0 Å². The van der Waals surface area contributed by atoms with Crippen LogP contribution in [0.1, 0.15) is 52.9 Å². The summed E-state index contributed by atoms with van der Waals surface area (Å²) in [4.78, 5) is 12.3. The fourth-order valence-electron chi connectivity index (χ4n) is 4.24. The van der Waals surface area contributed by atoms with E-state index in [1.54, 1.807) is 6.92 Å². The van der Waals surface area contributed by atoms with Gasteiger partial charge >= 0.3 is 0 Å². The van der Waals surface area contributed by atoms with Crippen molar-refractivity contribution < 1.29 is 15.0 Å². The van der Waals surface area contributed by atoms with Crippen LogP contribution in [0.25, 0.3) is 0 Å². The zero-order chi connectivity index (χ0) is 15.7. The lowest BCUT2D eigenvalue weighted by Gasteiger charge is -2.46. The molecule has 0 aromatic carbocycles. The minimum atomic E-state index is -1.22. The smallest absolute Gasteiger partial charge is 0.226 e. The third-order valence-corrected chi connectivity index (χ3v) is 5.78. The number of rotatable bonds is 5. The number of carbonyl (C=O) groups is 1. The summed E-state index contributed by atoms with van der Waals surface area (Å²) in [6, 6.07) is 0. The summed E-state index contributed by atoms with van der Waals surface area (Å²) in [5, 5.41) is 24.1. The average molecular weight is 295 g/mol. The van der Waals surface area contributed by atoms with E-state index in [4.69, 9.17) is 0 Å². The molecule has 0 saturated carbocycles. The maximum absolute atomic E-state index is 12.3. The highest BCUT2D eigenvalue weighted by Gasteiger charge is 2.63. The molecule has 21 heavy (non-hydrogen) atoms. The van der Waals surface area contributed by atoms with Gasteiger partial charge in [-0.15, -0.1) is 0 Å². The van der Waals surface area contributed by atoms with Gasteiger partial charge in [-0.25, -0.2) is 0 Å². The van der Waals surface area contributed by atoms with E-state index in [0.29, 0.717) is 6.42 Å². The van der Waals surface area contributed by atoms with Gasteiger partial charge in [0.15, 0.2) is 0 Å². The van der Waals surface area contributed by atoms with Crippen LogP contribution in [-0.4, -0.2) is 33.9 Å². The van der Waals surface area contributed by atoms with Crippen LogP contribution < -0.4 is 5.32 Å². The maximum Gasteiger partial charge on any atom is 0.226 e. The quantitative estimate of drug-likeness (QED) is 0.680. The van der Waals surface area contributed by atoms with E-state index in [0.717, 1.165) is 25.7 Å². The Hall–Kier alpha value is -0.870. The molecule has 0 unspecified atom stereocenters. The van der Waals surface area contributed by atoms with Crippen LogP contribution in [0, 0.1) is 17.8 Å². The van der Waals surface area contributed by atoms with Gasteiger partial charge in [0.25, 0.3) is 0 Å². The number of aliphatic hydroxyl groups is 2. The molecule has 1 saturated heterocycles. The molecule has 0 aromatic rings. The summed E-state index contributed by atoms with van der Waals surface area (Å²) < 4.78 is 0. The highest BCUT2D eigenvalue weighted by molar-refractivity contribution is 5.84. The minimum Gasteiger partial charge on any atom is -0.394 e. The van der Waals surface area contributed by atoms with Gasteiger partial charge in [-0.3, -0.25) is 4.79 Å². The van der Waals surface area contributed by atoms with Gasteiger partial charge in [0.2, 0.25) is 5.91 Å². The molecule has 4 nitrogen and oxygen atoms in total. The predicted molar refractivity (Wildman–Crippen MR) is 82.6 cm³/mol. The number of hydrogen-bond donors (Lipinski definition) is 3. The Morgan fingerprint density at radius 2 is 2.24 bits per heavy atom. The third kappa shape index (κ3) is 2.53. The Morgan fingerprint density at radius 1 is 1.52 bits per heavy atom. The molecule has 1 aliphatic carbocycles. The van der Waals surface area contributed by atoms with Crippen LogP contribution >= 0.6 is 0 Å². The van der Waals surface area contributed by atoms with Crippen molar-refractivity contribution in [3.63, 3.8) is 0 Å². The minimum absolute atomic E-state index is 0.000133. The predicted octanol–water partition coefficient (Wildman–Crippen LogP) is 2.01. The van der Waals surface area contributed by atoms with Crippen molar-refractivity contribution >= 4 is 5.91 Å². The molecule has 2 aliphatic rings. The summed E-state index contributed by atoms with van der Waals surface area (Å²) >= 11 is 0. The largest absolute Gasteiger partial charge is 0.394 e. The van der Waals surface area contributed by atoms with E-state index in [-0.39, 0.29) is 24.3 Å². The van der Waals surface area contributed by atoms with Crippen molar-refractivity contribution in [3.05, 3.63) is 12.2 Å². The number of carbonyl (C=O) groups excluding carboxylic acids is 1. The molecule has 120 valence electrons. The Kier molecular flexibility index (Phi) is 4.79. The number of nitrogens with one attached hydrogen (secondary N) is 1. The fourth-order valence-corrected chi connectivity index (χ4v) is 4.24. The van der Waals surface area contributed by atoms with Crippen molar-refractivity contribution in [1.82, 2.24) is 5.32 Å². The topological polar surface area (TPSA) is 69.6 Å². The molecule has 1 amide bonds. The molecule has 0 spiro atoms. The van der Waals surface area contributed by atoms with Gasteiger partial charge in [-0.05, 0) is 44.4 Å². The molecule has 4 heteroatoms. The molecule has 5 atom stereocenters. The molecule has 1 fully saturated rings. The first-order valence-electron chi connectivity index (χ1n) is 8.22. The van der Waals surface area contributed by atoms with Crippen LogP contribution in [0.2, 0.25) is 0 Å². The molecule has 0 bridgehead atoms. The highest BCUT2D eigenvalue weighted by atomic mass is 16.3. The number of aliphatic hydroxyl groups excluding tert-OH is 1. The lowest BCUT2D eigenvalue weighted by molar-refractivity contribution is -0.126. The van der Waals surface area contributed by atoms with Gasteiger partial charge < -0.3 is 15.5 Å². The molecule has 3 N–H and O–H groups in total. The molecule has 0 aromatic heterocycles. The maximum atomic E-state index is 12.3. The van der Waals surface area contributed by atoms with Gasteiger partial charge in [-0.1, -0.05) is 32.4 Å². The lowest BCUT2D eigenvalue weighted by atomic mass is 9.64. The summed E-state index contributed by atoms with van der Waals surface area (Å²) in [6.07, 6.45) is 9.11. The standard InChI is InChI=1S/C17H29NO3/c1-4-8-14-15(20)18-17(11-19,16(14,3)21)12(2)13-9-6-5-7-10-13/h6,9,12-14,19,21H,4-5,7-8,10-11H2,1-3H3,(H,18,20)/t12-,13-,14+,16+,17-/m1/s1. The van der Waals surface area contributed by atoms with Crippen molar-refractivity contribution in [2.75, 3.05) is 6.61 Å². The van der Waals surface area contributed by atoms with Crippen LogP contribution in [-0.2, 0) is 4.79 Å². The molecule has 1 heterocycles. The van der Waals surface area contributed by atoms with E-state index < -0.39 is 17.1 Å². The van der Waals surface area contributed by atoms with Gasteiger partial charge in [0.1, 0.15) is 0 Å². The summed E-state index contributed by atoms with van der Waals surface area (Å²) in [5.41, 5.74) is -2.17. The zero-order valence-corrected chi connectivity index (χ0v) is 13.4. The lowest BCUT2D eigenvalue weighted by Crippen LogP contribution is -2.64. The monoisotopic (exact) mass is 295 g/mol. The zero-order valence-electron chi connectivity index (χ0n) is 13.4. The number of hydrogen-bond acceptors (Lipinski definition) is 3. The Balaban J connectivity index is 2.33. The first-order chi connectivity index (χ1) is 9.90. The molecule has 0 radical (unpaired) electrons. The second-order valence-electron chi connectivity index (χ2n) is 6.92. The third-order valence-electron chi connectivity index (χ3n) is 5.78. The Morgan fingerprint density at radius 3 is 2.76 bits per heavy atom. The normalized spacial score (nSPS) is 41.1. The van der Waals surface area contributed by atoms with Crippen LogP contribution in [0.15, 0.2) is 12.2 Å². The van der Waals surface area contributed by atoms with Gasteiger partial charge in [0.05, 0.1) is 23.7 Å². The van der Waals surface area contributed by atoms with E-state index >= 15 is 0 Å². The second-order valence-corrected chi connectivity index (χ2v) is 6.92. The van der Waals surface area contributed by atoms with E-state index in [9.17, 15) is 15.0 Å². The van der Waals surface area contributed by atoms with Gasteiger partial charge in [0, 0.05) is 0 Å². The Bertz CT molecular complexity index is 418.